The van der Waals surface area contributed by atoms with E-state index in [-0.39, 0.29) is 12.1 Å². The summed E-state index contributed by atoms with van der Waals surface area (Å²) in [7, 11) is 0. The predicted molar refractivity (Wildman–Crippen MR) is 81.5 cm³/mol. The number of hydrogen-bond donors (Lipinski definition) is 2. The lowest BCUT2D eigenvalue weighted by atomic mass is 10.1. The van der Waals surface area contributed by atoms with Crippen LogP contribution in [0.15, 0.2) is 6.33 Å². The Labute approximate surface area is 126 Å². The fourth-order valence-electron chi connectivity index (χ4n) is 2.70. The van der Waals surface area contributed by atoms with Crippen molar-refractivity contribution in [3.05, 3.63) is 12.2 Å². The van der Waals surface area contributed by atoms with Crippen LogP contribution in [-0.4, -0.2) is 58.1 Å². The summed E-state index contributed by atoms with van der Waals surface area (Å²) < 4.78 is 7.86. The number of ether oxygens (including phenoxy) is 1. The molecule has 0 aliphatic carbocycles. The molecule has 1 aliphatic heterocycles. The topological polar surface area (TPSA) is 81.2 Å². The van der Waals surface area contributed by atoms with Gasteiger partial charge in [-0.1, -0.05) is 20.8 Å². The lowest BCUT2D eigenvalue weighted by Crippen LogP contribution is -2.55. The molecule has 120 valence electrons. The minimum Gasteiger partial charge on any atom is -0.374 e. The smallest absolute Gasteiger partial charge is 0.138 e. The molecular formula is C14H28N6O. The molecule has 1 aliphatic rings. The second kappa shape index (κ2) is 7.84. The number of likely N-dealkylation sites (N-methyl/N-ethyl adjacent to an activating group) is 1. The maximum atomic E-state index is 5.89. The Hall–Kier alpha value is -1.02. The summed E-state index contributed by atoms with van der Waals surface area (Å²) in [5.41, 5.74) is 2.90. The van der Waals surface area contributed by atoms with Gasteiger partial charge in [0, 0.05) is 26.1 Å². The van der Waals surface area contributed by atoms with Gasteiger partial charge in [-0.15, -0.1) is 0 Å². The highest BCUT2D eigenvalue weighted by atomic mass is 16.5. The molecule has 0 amide bonds. The Morgan fingerprint density at radius 1 is 1.52 bits per heavy atom. The normalized spacial score (nSPS) is 21.9. The number of rotatable bonds is 7. The van der Waals surface area contributed by atoms with Gasteiger partial charge in [0.05, 0.1) is 18.8 Å². The number of hydrogen-bond acceptors (Lipinski definition) is 6. The fraction of sp³-hybridized carbons (Fsp3) is 0.857. The number of aromatic nitrogens is 3. The zero-order valence-corrected chi connectivity index (χ0v) is 13.3. The summed E-state index contributed by atoms with van der Waals surface area (Å²) in [6, 6.07) is 0.0504. The van der Waals surface area contributed by atoms with E-state index in [1.165, 1.54) is 0 Å². The van der Waals surface area contributed by atoms with Gasteiger partial charge in [0.25, 0.3) is 0 Å². The van der Waals surface area contributed by atoms with Crippen LogP contribution in [0.25, 0.3) is 0 Å². The van der Waals surface area contributed by atoms with Gasteiger partial charge in [-0.25, -0.2) is 9.67 Å². The molecule has 0 saturated carbocycles. The lowest BCUT2D eigenvalue weighted by Gasteiger charge is -2.36. The highest BCUT2D eigenvalue weighted by molar-refractivity contribution is 4.94. The molecule has 3 N–H and O–H groups in total. The largest absolute Gasteiger partial charge is 0.374 e. The van der Waals surface area contributed by atoms with Gasteiger partial charge in [-0.3, -0.25) is 16.2 Å². The maximum absolute atomic E-state index is 5.89. The van der Waals surface area contributed by atoms with Crippen molar-refractivity contribution in [1.29, 1.82) is 0 Å². The molecule has 1 saturated heterocycles. The molecule has 7 heteroatoms. The molecule has 1 aromatic heterocycles. The second-order valence-electron chi connectivity index (χ2n) is 6.03. The van der Waals surface area contributed by atoms with Gasteiger partial charge in [0.2, 0.25) is 0 Å². The molecule has 1 fully saturated rings. The zero-order chi connectivity index (χ0) is 15.2. The van der Waals surface area contributed by atoms with Crippen molar-refractivity contribution in [3.8, 4) is 0 Å². The number of nitrogens with one attached hydrogen (secondary N) is 1. The van der Waals surface area contributed by atoms with E-state index in [2.05, 4.69) is 41.2 Å². The third kappa shape index (κ3) is 4.47. The average Bonchev–Trinajstić information content (AvgIpc) is 2.91. The third-order valence-electron chi connectivity index (χ3n) is 3.92. The molecule has 0 aromatic carbocycles. The standard InChI is InChI=1S/C14H28N6O/c1-4-19-5-6-21-13(9-19)12(18-15)7-14-16-10-17-20(14)8-11(2)3/h10-13,18H,4-9,15H2,1-3H3. The molecule has 0 bridgehead atoms. The molecule has 2 atom stereocenters. The SMILES string of the molecule is CCN1CCOC(C(Cc2ncnn2CC(C)C)NN)C1. The Morgan fingerprint density at radius 2 is 2.33 bits per heavy atom. The number of hydrazine groups is 1. The quantitative estimate of drug-likeness (QED) is 0.546. The van der Waals surface area contributed by atoms with E-state index < -0.39 is 0 Å². The van der Waals surface area contributed by atoms with Crippen molar-refractivity contribution in [3.63, 3.8) is 0 Å². The van der Waals surface area contributed by atoms with Crippen molar-refractivity contribution in [1.82, 2.24) is 25.1 Å². The number of nitrogens with zero attached hydrogens (tertiary/aromatic N) is 4. The summed E-state index contributed by atoms with van der Waals surface area (Å²) in [4.78, 5) is 6.76. The van der Waals surface area contributed by atoms with Crippen LogP contribution in [0.3, 0.4) is 0 Å². The minimum absolute atomic E-state index is 0.0504. The molecule has 21 heavy (non-hydrogen) atoms. The van der Waals surface area contributed by atoms with Gasteiger partial charge in [-0.05, 0) is 12.5 Å². The Morgan fingerprint density at radius 3 is 3.00 bits per heavy atom. The van der Waals surface area contributed by atoms with Crippen LogP contribution in [0.4, 0.5) is 0 Å². The molecule has 2 rings (SSSR count). The lowest BCUT2D eigenvalue weighted by molar-refractivity contribution is -0.0452. The Bertz CT molecular complexity index is 421. The van der Waals surface area contributed by atoms with Crippen LogP contribution in [-0.2, 0) is 17.7 Å². The molecule has 7 nitrogen and oxygen atoms in total. The van der Waals surface area contributed by atoms with E-state index in [9.17, 15) is 0 Å². The monoisotopic (exact) mass is 296 g/mol. The Balaban J connectivity index is 2.00. The van der Waals surface area contributed by atoms with E-state index in [1.807, 2.05) is 4.68 Å². The third-order valence-corrected chi connectivity index (χ3v) is 3.92. The molecule has 1 aromatic rings. The van der Waals surface area contributed by atoms with E-state index in [0.29, 0.717) is 5.92 Å². The first-order chi connectivity index (χ1) is 10.1. The highest BCUT2D eigenvalue weighted by Crippen LogP contribution is 2.12. The number of nitrogens with two attached hydrogens (primary N) is 1. The van der Waals surface area contributed by atoms with Crippen molar-refractivity contribution in [2.24, 2.45) is 11.8 Å². The van der Waals surface area contributed by atoms with Crippen LogP contribution < -0.4 is 11.3 Å². The van der Waals surface area contributed by atoms with E-state index in [1.54, 1.807) is 6.33 Å². The van der Waals surface area contributed by atoms with Crippen LogP contribution in [0.1, 0.15) is 26.6 Å². The predicted octanol–water partition coefficient (Wildman–Crippen LogP) is 0.0292. The van der Waals surface area contributed by atoms with Crippen molar-refractivity contribution < 1.29 is 4.74 Å². The Kier molecular flexibility index (Phi) is 6.10. The average molecular weight is 296 g/mol. The summed E-state index contributed by atoms with van der Waals surface area (Å²) >= 11 is 0. The van der Waals surface area contributed by atoms with Gasteiger partial charge >= 0.3 is 0 Å². The van der Waals surface area contributed by atoms with E-state index in [0.717, 1.165) is 45.0 Å². The second-order valence-corrected chi connectivity index (χ2v) is 6.03. The van der Waals surface area contributed by atoms with Crippen molar-refractivity contribution in [2.75, 3.05) is 26.2 Å². The molecule has 0 radical (unpaired) electrons. The summed E-state index contributed by atoms with van der Waals surface area (Å²) in [5, 5.41) is 4.31. The molecule has 0 spiro atoms. The first-order valence-electron chi connectivity index (χ1n) is 7.80. The molecule has 2 unspecified atom stereocenters. The summed E-state index contributed by atoms with van der Waals surface area (Å²) in [5.74, 6) is 7.25. The van der Waals surface area contributed by atoms with Gasteiger partial charge < -0.3 is 4.74 Å². The summed E-state index contributed by atoms with van der Waals surface area (Å²) in [6.07, 6.45) is 2.43. The van der Waals surface area contributed by atoms with Gasteiger partial charge in [0.1, 0.15) is 12.2 Å². The first kappa shape index (κ1) is 16.4. The van der Waals surface area contributed by atoms with Gasteiger partial charge in [-0.2, -0.15) is 5.10 Å². The first-order valence-corrected chi connectivity index (χ1v) is 7.80. The van der Waals surface area contributed by atoms with Crippen molar-refractivity contribution >= 4 is 0 Å². The van der Waals surface area contributed by atoms with Crippen LogP contribution in [0, 0.1) is 5.92 Å². The van der Waals surface area contributed by atoms with E-state index >= 15 is 0 Å². The van der Waals surface area contributed by atoms with Crippen molar-refractivity contribution in [2.45, 2.75) is 45.9 Å². The fourth-order valence-corrected chi connectivity index (χ4v) is 2.70. The van der Waals surface area contributed by atoms with Crippen LogP contribution in [0.5, 0.6) is 0 Å². The van der Waals surface area contributed by atoms with Gasteiger partial charge in [0.15, 0.2) is 0 Å². The van der Waals surface area contributed by atoms with E-state index in [4.69, 9.17) is 10.6 Å². The molecular weight excluding hydrogens is 268 g/mol. The number of morpholine rings is 1. The maximum Gasteiger partial charge on any atom is 0.138 e. The zero-order valence-electron chi connectivity index (χ0n) is 13.3. The molecule has 2 heterocycles. The van der Waals surface area contributed by atoms with Crippen LogP contribution in [0.2, 0.25) is 0 Å². The summed E-state index contributed by atoms with van der Waals surface area (Å²) in [6.45, 7) is 11.1. The van der Waals surface area contributed by atoms with Crippen LogP contribution >= 0.6 is 0 Å². The minimum atomic E-state index is 0.0504. The highest BCUT2D eigenvalue weighted by Gasteiger charge is 2.28.